The molecule has 0 saturated carbocycles. The number of allylic oxidation sites excluding steroid dienone is 4. The van der Waals surface area contributed by atoms with Crippen molar-refractivity contribution in [3.8, 4) is 17.2 Å². The second-order valence-electron chi connectivity index (χ2n) is 8.26. The maximum atomic E-state index is 13.9. The van der Waals surface area contributed by atoms with Crippen LogP contribution in [0.1, 0.15) is 55.5 Å². The molecule has 3 rings (SSSR count). The second-order valence-corrected chi connectivity index (χ2v) is 8.26. The highest BCUT2D eigenvalue weighted by Crippen LogP contribution is 2.47. The molecule has 1 unspecified atom stereocenters. The summed E-state index contributed by atoms with van der Waals surface area (Å²) in [5.74, 6) is -0.689. The number of aromatic hydroxyl groups is 2. The quantitative estimate of drug-likeness (QED) is 0.455. The van der Waals surface area contributed by atoms with E-state index in [0.717, 1.165) is 18.4 Å². The molecule has 4 heteroatoms. The smallest absolute Gasteiger partial charge is 0.174 e. The standard InChI is InChI=1S/C26H30O4/c1-16(2)10-12-20-17(3)11-13-21(18-8-6-5-7-9-18)24(20)26(29)25-22(28)14-19(27)15-23(25)30-4/h5-11,14-15,20-21,24,27-28H,12-13H2,1-4H3/t20-,21+,24?/m1/s1. The van der Waals surface area contributed by atoms with Crippen molar-refractivity contribution in [1.29, 1.82) is 0 Å². The largest absolute Gasteiger partial charge is 0.508 e. The summed E-state index contributed by atoms with van der Waals surface area (Å²) < 4.78 is 5.35. The molecule has 2 N–H and O–H groups in total. The number of carbonyl (C=O) groups is 1. The van der Waals surface area contributed by atoms with Gasteiger partial charge in [0.25, 0.3) is 0 Å². The van der Waals surface area contributed by atoms with Gasteiger partial charge in [0.15, 0.2) is 5.78 Å². The van der Waals surface area contributed by atoms with E-state index in [2.05, 4.69) is 45.1 Å². The topological polar surface area (TPSA) is 66.8 Å². The summed E-state index contributed by atoms with van der Waals surface area (Å²) in [5.41, 5.74) is 3.65. The zero-order chi connectivity index (χ0) is 21.8. The van der Waals surface area contributed by atoms with Gasteiger partial charge in [0.1, 0.15) is 22.8 Å². The summed E-state index contributed by atoms with van der Waals surface area (Å²) in [6.07, 6.45) is 5.92. The third kappa shape index (κ3) is 4.43. The van der Waals surface area contributed by atoms with Crippen LogP contribution in [0.3, 0.4) is 0 Å². The molecule has 3 atom stereocenters. The molecule has 0 aromatic heterocycles. The van der Waals surface area contributed by atoms with Crippen molar-refractivity contribution < 1.29 is 19.7 Å². The zero-order valence-corrected chi connectivity index (χ0v) is 18.1. The fourth-order valence-electron chi connectivity index (χ4n) is 4.44. The van der Waals surface area contributed by atoms with E-state index < -0.39 is 0 Å². The van der Waals surface area contributed by atoms with E-state index in [1.54, 1.807) is 0 Å². The fourth-order valence-corrected chi connectivity index (χ4v) is 4.44. The van der Waals surface area contributed by atoms with Crippen molar-refractivity contribution >= 4 is 5.78 Å². The molecule has 0 aliphatic heterocycles. The molecule has 0 fully saturated rings. The molecule has 1 aliphatic rings. The van der Waals surface area contributed by atoms with Gasteiger partial charge in [0, 0.05) is 18.1 Å². The average molecular weight is 407 g/mol. The van der Waals surface area contributed by atoms with E-state index in [0.29, 0.717) is 0 Å². The lowest BCUT2D eigenvalue weighted by Crippen LogP contribution is -2.33. The van der Waals surface area contributed by atoms with Crippen LogP contribution in [0.2, 0.25) is 0 Å². The lowest BCUT2D eigenvalue weighted by molar-refractivity contribution is 0.0844. The lowest BCUT2D eigenvalue weighted by atomic mass is 9.65. The van der Waals surface area contributed by atoms with Gasteiger partial charge in [0.2, 0.25) is 0 Å². The monoisotopic (exact) mass is 406 g/mol. The Morgan fingerprint density at radius 1 is 1.17 bits per heavy atom. The fraction of sp³-hybridized carbons (Fsp3) is 0.346. The number of carbonyl (C=O) groups excluding carboxylic acids is 1. The van der Waals surface area contributed by atoms with Crippen molar-refractivity contribution in [2.24, 2.45) is 11.8 Å². The van der Waals surface area contributed by atoms with E-state index in [-0.39, 0.29) is 46.3 Å². The number of benzene rings is 2. The highest BCUT2D eigenvalue weighted by Gasteiger charge is 2.41. The minimum absolute atomic E-state index is 0.00382. The predicted molar refractivity (Wildman–Crippen MR) is 119 cm³/mol. The number of rotatable bonds is 6. The maximum absolute atomic E-state index is 13.9. The van der Waals surface area contributed by atoms with Crippen molar-refractivity contribution in [3.63, 3.8) is 0 Å². The number of hydrogen-bond donors (Lipinski definition) is 2. The Bertz CT molecular complexity index is 968. The van der Waals surface area contributed by atoms with Gasteiger partial charge < -0.3 is 14.9 Å². The van der Waals surface area contributed by atoms with Crippen molar-refractivity contribution in [2.75, 3.05) is 7.11 Å². The highest BCUT2D eigenvalue weighted by molar-refractivity contribution is 6.04. The Hall–Kier alpha value is -3.01. The molecule has 0 amide bonds. The summed E-state index contributed by atoms with van der Waals surface area (Å²) >= 11 is 0. The Balaban J connectivity index is 2.14. The van der Waals surface area contributed by atoms with Gasteiger partial charge in [-0.1, -0.05) is 53.6 Å². The first-order valence-electron chi connectivity index (χ1n) is 10.3. The van der Waals surface area contributed by atoms with Gasteiger partial charge in [0.05, 0.1) is 7.11 Å². The first-order chi connectivity index (χ1) is 14.3. The van der Waals surface area contributed by atoms with Crippen molar-refractivity contribution in [1.82, 2.24) is 0 Å². The molecule has 2 aromatic carbocycles. The van der Waals surface area contributed by atoms with Crippen molar-refractivity contribution in [2.45, 2.75) is 39.5 Å². The van der Waals surface area contributed by atoms with Gasteiger partial charge in [-0.05, 0) is 51.0 Å². The minimum Gasteiger partial charge on any atom is -0.508 e. The summed E-state index contributed by atoms with van der Waals surface area (Å²) in [6.45, 7) is 6.20. The second kappa shape index (κ2) is 9.21. The molecule has 0 saturated heterocycles. The lowest BCUT2D eigenvalue weighted by Gasteiger charge is -2.37. The number of phenols is 2. The first-order valence-corrected chi connectivity index (χ1v) is 10.3. The molecule has 0 bridgehead atoms. The SMILES string of the molecule is COc1cc(O)cc(O)c1C(=O)C1[C@H](CC=C(C)C)C(C)=CC[C@H]1c1ccccc1. The average Bonchev–Trinajstić information content (AvgIpc) is 2.72. The van der Waals surface area contributed by atoms with Crippen LogP contribution in [0, 0.1) is 11.8 Å². The number of Topliss-reactive ketones (excluding diaryl/α,β-unsaturated/α-hetero) is 1. The number of hydrogen-bond acceptors (Lipinski definition) is 4. The van der Waals surface area contributed by atoms with Crippen LogP contribution < -0.4 is 4.74 Å². The Morgan fingerprint density at radius 2 is 1.87 bits per heavy atom. The summed E-state index contributed by atoms with van der Waals surface area (Å²) in [7, 11) is 1.44. The zero-order valence-electron chi connectivity index (χ0n) is 18.1. The molecule has 2 aromatic rings. The Morgan fingerprint density at radius 3 is 2.50 bits per heavy atom. The third-order valence-electron chi connectivity index (χ3n) is 5.99. The molecule has 0 radical (unpaired) electrons. The molecular weight excluding hydrogens is 376 g/mol. The summed E-state index contributed by atoms with van der Waals surface area (Å²) in [6, 6.07) is 12.7. The molecule has 1 aliphatic carbocycles. The number of methoxy groups -OCH3 is 1. The van der Waals surface area contributed by atoms with Gasteiger partial charge in [-0.2, -0.15) is 0 Å². The minimum atomic E-state index is -0.350. The maximum Gasteiger partial charge on any atom is 0.174 e. The summed E-state index contributed by atoms with van der Waals surface area (Å²) in [4.78, 5) is 13.9. The van der Waals surface area contributed by atoms with Crippen LogP contribution in [0.5, 0.6) is 17.2 Å². The molecular formula is C26H30O4. The number of phenolic OH excluding ortho intramolecular Hbond substituents is 2. The Labute approximate surface area is 178 Å². The van der Waals surface area contributed by atoms with Crippen LogP contribution in [0.25, 0.3) is 0 Å². The molecule has 30 heavy (non-hydrogen) atoms. The third-order valence-corrected chi connectivity index (χ3v) is 5.99. The van der Waals surface area contributed by atoms with Crippen LogP contribution >= 0.6 is 0 Å². The molecule has 0 spiro atoms. The number of ether oxygens (including phenoxy) is 1. The van der Waals surface area contributed by atoms with E-state index in [1.807, 2.05) is 18.2 Å². The molecule has 158 valence electrons. The molecule has 4 nitrogen and oxygen atoms in total. The number of ketones is 1. The molecule has 0 heterocycles. The van der Waals surface area contributed by atoms with Gasteiger partial charge in [-0.25, -0.2) is 0 Å². The van der Waals surface area contributed by atoms with Gasteiger partial charge >= 0.3 is 0 Å². The van der Waals surface area contributed by atoms with E-state index >= 15 is 0 Å². The van der Waals surface area contributed by atoms with Gasteiger partial charge in [-0.3, -0.25) is 4.79 Å². The van der Waals surface area contributed by atoms with E-state index in [1.165, 1.54) is 30.4 Å². The Kier molecular flexibility index (Phi) is 6.66. The van der Waals surface area contributed by atoms with Gasteiger partial charge in [-0.15, -0.1) is 0 Å². The predicted octanol–water partition coefficient (Wildman–Crippen LogP) is 6.01. The van der Waals surface area contributed by atoms with E-state index in [4.69, 9.17) is 4.74 Å². The van der Waals surface area contributed by atoms with Crippen molar-refractivity contribution in [3.05, 3.63) is 76.9 Å². The summed E-state index contributed by atoms with van der Waals surface area (Å²) in [5, 5.41) is 20.4. The van der Waals surface area contributed by atoms with Crippen LogP contribution in [-0.2, 0) is 0 Å². The normalized spacial score (nSPS) is 20.9. The van der Waals surface area contributed by atoms with E-state index in [9.17, 15) is 15.0 Å². The van der Waals surface area contributed by atoms with Crippen LogP contribution in [-0.4, -0.2) is 23.1 Å². The van der Waals surface area contributed by atoms with Crippen LogP contribution in [0.4, 0.5) is 0 Å². The van der Waals surface area contributed by atoms with Crippen LogP contribution in [0.15, 0.2) is 65.8 Å². The highest BCUT2D eigenvalue weighted by atomic mass is 16.5. The first kappa shape index (κ1) is 21.7.